The largest absolute Gasteiger partial charge is 0.453 e. The Hall–Kier alpha value is -3.48. The molecule has 0 fully saturated rings. The van der Waals surface area contributed by atoms with Crippen molar-refractivity contribution in [3.63, 3.8) is 0 Å². The topological polar surface area (TPSA) is 81.0 Å². The fourth-order valence-corrected chi connectivity index (χ4v) is 2.99. The van der Waals surface area contributed by atoms with Crippen LogP contribution in [0.3, 0.4) is 0 Å². The van der Waals surface area contributed by atoms with Crippen LogP contribution in [0.15, 0.2) is 59.1 Å². The number of benzene rings is 2. The van der Waals surface area contributed by atoms with E-state index in [4.69, 9.17) is 9.15 Å². The lowest BCUT2D eigenvalue weighted by Crippen LogP contribution is -2.10. The smallest absolute Gasteiger partial charge is 0.306 e. The zero-order valence-electron chi connectivity index (χ0n) is 15.2. The van der Waals surface area contributed by atoms with Crippen LogP contribution >= 0.6 is 0 Å². The lowest BCUT2D eigenvalue weighted by molar-refractivity contribution is -0.149. The van der Waals surface area contributed by atoms with E-state index in [9.17, 15) is 9.18 Å². The maximum absolute atomic E-state index is 13.0. The third-order valence-electron chi connectivity index (χ3n) is 4.46. The van der Waals surface area contributed by atoms with Crippen molar-refractivity contribution >= 4 is 16.9 Å². The van der Waals surface area contributed by atoms with Crippen LogP contribution in [-0.2, 0) is 16.0 Å². The summed E-state index contributed by atoms with van der Waals surface area (Å²) in [5.74, 6) is -0.253. The number of aromatic amines is 1. The molecule has 0 saturated carbocycles. The van der Waals surface area contributed by atoms with Gasteiger partial charge in [0.15, 0.2) is 6.10 Å². The minimum Gasteiger partial charge on any atom is -0.453 e. The Morgan fingerprint density at radius 1 is 1.18 bits per heavy atom. The van der Waals surface area contributed by atoms with Crippen LogP contribution in [0, 0.1) is 5.82 Å². The predicted molar refractivity (Wildman–Crippen MR) is 101 cm³/mol. The molecule has 2 aromatic heterocycles. The highest BCUT2D eigenvalue weighted by Crippen LogP contribution is 2.24. The van der Waals surface area contributed by atoms with Crippen molar-refractivity contribution < 1.29 is 18.3 Å². The second-order valence-electron chi connectivity index (χ2n) is 6.44. The Morgan fingerprint density at radius 3 is 2.79 bits per heavy atom. The Balaban J connectivity index is 1.36. The molecule has 0 aliphatic carbocycles. The highest BCUT2D eigenvalue weighted by molar-refractivity contribution is 5.83. The number of carbonyl (C=O) groups is 1. The molecule has 1 atom stereocenters. The van der Waals surface area contributed by atoms with Crippen molar-refractivity contribution in [1.82, 2.24) is 15.2 Å². The summed E-state index contributed by atoms with van der Waals surface area (Å²) >= 11 is 0. The minimum absolute atomic E-state index is 0.194. The summed E-state index contributed by atoms with van der Waals surface area (Å²) in [5, 5.41) is 8.96. The average Bonchev–Trinajstić information content (AvgIpc) is 3.34. The molecule has 7 heteroatoms. The third kappa shape index (κ3) is 3.78. The van der Waals surface area contributed by atoms with E-state index in [1.807, 2.05) is 30.5 Å². The van der Waals surface area contributed by atoms with Gasteiger partial charge in [-0.2, -0.15) is 0 Å². The third-order valence-corrected chi connectivity index (χ3v) is 4.46. The Labute approximate surface area is 160 Å². The minimum atomic E-state index is -0.669. The second-order valence-corrected chi connectivity index (χ2v) is 6.44. The molecule has 1 N–H and O–H groups in total. The van der Waals surface area contributed by atoms with Crippen LogP contribution in [0.4, 0.5) is 4.39 Å². The average molecular weight is 379 g/mol. The molecule has 2 heterocycles. The van der Waals surface area contributed by atoms with Gasteiger partial charge in [-0.3, -0.25) is 4.79 Å². The van der Waals surface area contributed by atoms with E-state index >= 15 is 0 Å². The summed E-state index contributed by atoms with van der Waals surface area (Å²) in [4.78, 5) is 15.4. The number of nitrogens with zero attached hydrogens (tertiary/aromatic N) is 2. The van der Waals surface area contributed by atoms with Crippen molar-refractivity contribution in [3.05, 3.63) is 72.0 Å². The second kappa shape index (κ2) is 7.64. The summed E-state index contributed by atoms with van der Waals surface area (Å²) < 4.78 is 24.0. The number of carbonyl (C=O) groups excluding carboxylic acids is 1. The zero-order valence-corrected chi connectivity index (χ0v) is 15.2. The monoisotopic (exact) mass is 379 g/mol. The van der Waals surface area contributed by atoms with E-state index < -0.39 is 6.10 Å². The van der Waals surface area contributed by atoms with Gasteiger partial charge in [0, 0.05) is 29.1 Å². The summed E-state index contributed by atoms with van der Waals surface area (Å²) in [5.41, 5.74) is 2.70. The summed E-state index contributed by atoms with van der Waals surface area (Å²) in [7, 11) is 0. The van der Waals surface area contributed by atoms with E-state index in [0.29, 0.717) is 12.0 Å². The first-order valence-corrected chi connectivity index (χ1v) is 8.94. The van der Waals surface area contributed by atoms with Gasteiger partial charge in [0.05, 0.1) is 0 Å². The number of H-pyrrole nitrogens is 1. The molecule has 2 aromatic carbocycles. The lowest BCUT2D eigenvalue weighted by Gasteiger charge is -2.09. The van der Waals surface area contributed by atoms with Gasteiger partial charge in [0.1, 0.15) is 5.82 Å². The van der Waals surface area contributed by atoms with Crippen LogP contribution in [-0.4, -0.2) is 21.2 Å². The summed E-state index contributed by atoms with van der Waals surface area (Å²) in [6.07, 6.45) is 2.05. The number of hydrogen-bond acceptors (Lipinski definition) is 5. The Morgan fingerprint density at radius 2 is 1.96 bits per heavy atom. The highest BCUT2D eigenvalue weighted by atomic mass is 19.1. The number of halogens is 1. The number of aromatic nitrogens is 3. The van der Waals surface area contributed by atoms with Gasteiger partial charge in [-0.05, 0) is 49.2 Å². The lowest BCUT2D eigenvalue weighted by atomic mass is 10.1. The fraction of sp³-hybridized carbons (Fsp3) is 0.190. The molecule has 142 valence electrons. The molecule has 0 unspecified atom stereocenters. The van der Waals surface area contributed by atoms with Gasteiger partial charge in [-0.15, -0.1) is 10.2 Å². The summed E-state index contributed by atoms with van der Waals surface area (Å²) in [6, 6.07) is 13.7. The van der Waals surface area contributed by atoms with Gasteiger partial charge < -0.3 is 14.1 Å². The number of para-hydroxylation sites is 1. The molecular formula is C21H18FN3O3. The van der Waals surface area contributed by atoms with Crippen molar-refractivity contribution in [1.29, 1.82) is 0 Å². The molecule has 0 radical (unpaired) electrons. The van der Waals surface area contributed by atoms with Gasteiger partial charge in [-0.1, -0.05) is 18.2 Å². The maximum Gasteiger partial charge on any atom is 0.306 e. The first-order valence-electron chi connectivity index (χ1n) is 8.94. The van der Waals surface area contributed by atoms with E-state index in [-0.39, 0.29) is 30.0 Å². The van der Waals surface area contributed by atoms with Gasteiger partial charge in [0.2, 0.25) is 5.89 Å². The number of ether oxygens (including phenoxy) is 1. The Kier molecular flexibility index (Phi) is 4.89. The number of hydrogen-bond donors (Lipinski definition) is 1. The van der Waals surface area contributed by atoms with Crippen LogP contribution in [0.2, 0.25) is 0 Å². The van der Waals surface area contributed by atoms with E-state index in [1.54, 1.807) is 19.1 Å². The van der Waals surface area contributed by atoms with E-state index in [2.05, 4.69) is 15.2 Å². The first kappa shape index (κ1) is 17.9. The van der Waals surface area contributed by atoms with Crippen molar-refractivity contribution in [2.45, 2.75) is 25.9 Å². The molecular weight excluding hydrogens is 361 g/mol. The number of esters is 1. The van der Waals surface area contributed by atoms with Gasteiger partial charge >= 0.3 is 5.97 Å². The first-order chi connectivity index (χ1) is 13.6. The van der Waals surface area contributed by atoms with Gasteiger partial charge in [0.25, 0.3) is 5.89 Å². The van der Waals surface area contributed by atoms with Gasteiger partial charge in [-0.25, -0.2) is 4.39 Å². The van der Waals surface area contributed by atoms with Crippen molar-refractivity contribution in [2.75, 3.05) is 0 Å². The number of nitrogens with one attached hydrogen (secondary N) is 1. The Bertz CT molecular complexity index is 1100. The molecule has 0 spiro atoms. The number of aryl methyl sites for hydroxylation is 1. The van der Waals surface area contributed by atoms with Crippen LogP contribution < -0.4 is 0 Å². The normalized spacial score (nSPS) is 12.2. The number of fused-ring (bicyclic) bond motifs is 1. The standard InChI is InChI=1S/C21H18FN3O3/c1-13(20-24-25-21(28-20)14-6-9-16(22)10-7-14)27-19(26)11-8-15-12-23-18-5-3-2-4-17(15)18/h2-7,9-10,12-13,23H,8,11H2,1H3/t13-/m0/s1. The van der Waals surface area contributed by atoms with Crippen LogP contribution in [0.5, 0.6) is 0 Å². The number of rotatable bonds is 6. The van der Waals surface area contributed by atoms with Crippen LogP contribution in [0.1, 0.15) is 30.9 Å². The fourth-order valence-electron chi connectivity index (χ4n) is 2.99. The summed E-state index contributed by atoms with van der Waals surface area (Å²) in [6.45, 7) is 1.67. The zero-order chi connectivity index (χ0) is 19.5. The van der Waals surface area contributed by atoms with Crippen LogP contribution in [0.25, 0.3) is 22.4 Å². The molecule has 0 aliphatic heterocycles. The predicted octanol–water partition coefficient (Wildman–Crippen LogP) is 4.59. The quantitative estimate of drug-likeness (QED) is 0.496. The molecule has 0 saturated heterocycles. The maximum atomic E-state index is 13.0. The van der Waals surface area contributed by atoms with Crippen molar-refractivity contribution in [2.24, 2.45) is 0 Å². The molecule has 6 nitrogen and oxygen atoms in total. The van der Waals surface area contributed by atoms with Crippen molar-refractivity contribution in [3.8, 4) is 11.5 Å². The van der Waals surface area contributed by atoms with E-state index in [1.165, 1.54) is 12.1 Å². The SMILES string of the molecule is C[C@H](OC(=O)CCc1c[nH]c2ccccc12)c1nnc(-c2ccc(F)cc2)o1. The van der Waals surface area contributed by atoms with E-state index in [0.717, 1.165) is 16.5 Å². The molecule has 0 bridgehead atoms. The highest BCUT2D eigenvalue weighted by Gasteiger charge is 2.19. The molecule has 4 rings (SSSR count). The molecule has 0 aliphatic rings. The molecule has 4 aromatic rings. The molecule has 28 heavy (non-hydrogen) atoms. The molecule has 0 amide bonds.